The second-order valence-corrected chi connectivity index (χ2v) is 7.12. The van der Waals surface area contributed by atoms with Crippen molar-refractivity contribution in [2.75, 3.05) is 11.4 Å². The number of carbonyl (C=O) groups is 1. The van der Waals surface area contributed by atoms with Gasteiger partial charge in [0.05, 0.1) is 5.69 Å². The summed E-state index contributed by atoms with van der Waals surface area (Å²) in [6, 6.07) is 5.65. The minimum absolute atomic E-state index is 0.131. The number of benzene rings is 1. The highest BCUT2D eigenvalue weighted by Gasteiger charge is 2.33. The van der Waals surface area contributed by atoms with Crippen LogP contribution in [0.3, 0.4) is 0 Å². The van der Waals surface area contributed by atoms with Crippen LogP contribution in [0, 0.1) is 0 Å². The van der Waals surface area contributed by atoms with Crippen LogP contribution in [0.1, 0.15) is 26.7 Å². The number of carboxylic acid groups (broad SMARTS) is 1. The number of hydrogen-bond donors (Lipinski definition) is 2. The molecule has 1 atom stereocenters. The van der Waals surface area contributed by atoms with Gasteiger partial charge in [0, 0.05) is 12.6 Å². The Morgan fingerprint density at radius 2 is 2.05 bits per heavy atom. The normalized spacial score (nSPS) is 19.2. The number of anilines is 1. The van der Waals surface area contributed by atoms with Gasteiger partial charge in [-0.05, 0) is 38.8 Å². The van der Waals surface area contributed by atoms with Crippen LogP contribution in [0.4, 0.5) is 5.69 Å². The molecule has 0 amide bonds. The first-order valence-corrected chi connectivity index (χ1v) is 8.42. The Morgan fingerprint density at radius 1 is 1.38 bits per heavy atom. The fourth-order valence-corrected chi connectivity index (χ4v) is 4.07. The summed E-state index contributed by atoms with van der Waals surface area (Å²) in [4.78, 5) is 13.1. The molecular weight excluding hydrogens is 292 g/mol. The van der Waals surface area contributed by atoms with Crippen molar-refractivity contribution in [1.82, 2.24) is 4.72 Å². The van der Waals surface area contributed by atoms with E-state index in [0.717, 1.165) is 6.42 Å². The predicted octanol–water partition coefficient (Wildman–Crippen LogP) is 1.43. The number of hydrogen-bond acceptors (Lipinski definition) is 4. The molecule has 2 rings (SSSR count). The highest BCUT2D eigenvalue weighted by atomic mass is 32.2. The molecule has 2 N–H and O–H groups in total. The van der Waals surface area contributed by atoms with E-state index in [4.69, 9.17) is 0 Å². The second kappa shape index (κ2) is 6.03. The third-order valence-electron chi connectivity index (χ3n) is 3.39. The standard InChI is InChI=1S/C14H20N2O4S/c1-10(2)15-21(19,20)13-8-4-3-6-11(13)16-9-5-7-12(16)14(17)18/h3-4,6,8,10,12,15H,5,7,9H2,1-2H3,(H,17,18). The van der Waals surface area contributed by atoms with Gasteiger partial charge in [0.25, 0.3) is 0 Å². The summed E-state index contributed by atoms with van der Waals surface area (Å²) < 4.78 is 27.4. The SMILES string of the molecule is CC(C)NS(=O)(=O)c1ccccc1N1CCCC1C(=O)O. The second-order valence-electron chi connectivity index (χ2n) is 5.43. The first-order chi connectivity index (χ1) is 9.83. The number of sulfonamides is 1. The lowest BCUT2D eigenvalue weighted by atomic mass is 10.2. The van der Waals surface area contributed by atoms with Crippen molar-refractivity contribution in [3.8, 4) is 0 Å². The number of para-hydroxylation sites is 1. The van der Waals surface area contributed by atoms with Gasteiger partial charge in [-0.1, -0.05) is 12.1 Å². The Kier molecular flexibility index (Phi) is 4.53. The van der Waals surface area contributed by atoms with Crippen LogP contribution in [0.15, 0.2) is 29.2 Å². The predicted molar refractivity (Wildman–Crippen MR) is 79.9 cm³/mol. The molecule has 1 heterocycles. The fourth-order valence-electron chi connectivity index (χ4n) is 2.61. The maximum absolute atomic E-state index is 12.4. The molecule has 116 valence electrons. The summed E-state index contributed by atoms with van der Waals surface area (Å²) in [6.07, 6.45) is 1.27. The molecule has 0 radical (unpaired) electrons. The Morgan fingerprint density at radius 3 is 2.67 bits per heavy atom. The number of carboxylic acids is 1. The van der Waals surface area contributed by atoms with E-state index < -0.39 is 22.0 Å². The average molecular weight is 312 g/mol. The van der Waals surface area contributed by atoms with E-state index in [1.54, 1.807) is 36.9 Å². The first-order valence-electron chi connectivity index (χ1n) is 6.93. The molecule has 6 nitrogen and oxygen atoms in total. The molecule has 7 heteroatoms. The molecule has 1 unspecified atom stereocenters. The Balaban J connectivity index is 2.44. The van der Waals surface area contributed by atoms with Gasteiger partial charge < -0.3 is 10.0 Å². The fraction of sp³-hybridized carbons (Fsp3) is 0.500. The van der Waals surface area contributed by atoms with Gasteiger partial charge in [-0.15, -0.1) is 0 Å². The van der Waals surface area contributed by atoms with E-state index >= 15 is 0 Å². The minimum atomic E-state index is -3.66. The Hall–Kier alpha value is -1.60. The summed E-state index contributed by atoms with van der Waals surface area (Å²) in [6.45, 7) is 4.04. The molecule has 1 aliphatic rings. The largest absolute Gasteiger partial charge is 0.480 e. The molecule has 0 aliphatic carbocycles. The first kappa shape index (κ1) is 15.8. The van der Waals surface area contributed by atoms with Crippen molar-refractivity contribution in [3.05, 3.63) is 24.3 Å². The maximum Gasteiger partial charge on any atom is 0.326 e. The maximum atomic E-state index is 12.4. The van der Waals surface area contributed by atoms with Gasteiger partial charge >= 0.3 is 5.97 Å². The van der Waals surface area contributed by atoms with Crippen LogP contribution >= 0.6 is 0 Å². The lowest BCUT2D eigenvalue weighted by molar-refractivity contribution is -0.138. The molecule has 1 saturated heterocycles. The van der Waals surface area contributed by atoms with Crippen molar-refractivity contribution in [3.63, 3.8) is 0 Å². The zero-order valence-corrected chi connectivity index (χ0v) is 12.9. The third-order valence-corrected chi connectivity index (χ3v) is 5.10. The van der Waals surface area contributed by atoms with E-state index in [1.165, 1.54) is 6.07 Å². The molecule has 1 aromatic rings. The van der Waals surface area contributed by atoms with Crippen LogP contribution in [0.2, 0.25) is 0 Å². The van der Waals surface area contributed by atoms with Gasteiger partial charge in [0.15, 0.2) is 0 Å². The quantitative estimate of drug-likeness (QED) is 0.859. The smallest absolute Gasteiger partial charge is 0.326 e. The van der Waals surface area contributed by atoms with E-state index in [9.17, 15) is 18.3 Å². The van der Waals surface area contributed by atoms with Crippen molar-refractivity contribution >= 4 is 21.7 Å². The number of nitrogens with zero attached hydrogens (tertiary/aromatic N) is 1. The summed E-state index contributed by atoms with van der Waals surface area (Å²) in [7, 11) is -3.66. The lowest BCUT2D eigenvalue weighted by Gasteiger charge is -2.26. The lowest BCUT2D eigenvalue weighted by Crippen LogP contribution is -2.38. The molecule has 0 spiro atoms. The minimum Gasteiger partial charge on any atom is -0.480 e. The van der Waals surface area contributed by atoms with Crippen molar-refractivity contribution in [2.24, 2.45) is 0 Å². The zero-order valence-electron chi connectivity index (χ0n) is 12.1. The van der Waals surface area contributed by atoms with Crippen LogP contribution < -0.4 is 9.62 Å². The summed E-state index contributed by atoms with van der Waals surface area (Å²) >= 11 is 0. The molecule has 0 aromatic heterocycles. The van der Waals surface area contributed by atoms with Gasteiger partial charge in [0.1, 0.15) is 10.9 Å². The van der Waals surface area contributed by atoms with Crippen LogP contribution in [-0.4, -0.2) is 38.1 Å². The molecule has 21 heavy (non-hydrogen) atoms. The zero-order chi connectivity index (χ0) is 15.6. The molecule has 1 aromatic carbocycles. The summed E-state index contributed by atoms with van der Waals surface area (Å²) in [5.41, 5.74) is 0.454. The molecule has 0 saturated carbocycles. The van der Waals surface area contributed by atoms with E-state index in [0.29, 0.717) is 18.7 Å². The third kappa shape index (κ3) is 3.36. The van der Waals surface area contributed by atoms with Gasteiger partial charge in [-0.25, -0.2) is 17.9 Å². The Labute approximate surface area is 124 Å². The van der Waals surface area contributed by atoms with Gasteiger partial charge in [-0.3, -0.25) is 0 Å². The summed E-state index contributed by atoms with van der Waals surface area (Å²) in [5, 5.41) is 9.28. The topological polar surface area (TPSA) is 86.7 Å². The monoisotopic (exact) mass is 312 g/mol. The van der Waals surface area contributed by atoms with Crippen molar-refractivity contribution < 1.29 is 18.3 Å². The van der Waals surface area contributed by atoms with Crippen LogP contribution in [-0.2, 0) is 14.8 Å². The molecule has 1 fully saturated rings. The van der Waals surface area contributed by atoms with Crippen molar-refractivity contribution in [2.45, 2.75) is 43.7 Å². The van der Waals surface area contributed by atoms with E-state index in [2.05, 4.69) is 4.72 Å². The van der Waals surface area contributed by atoms with Crippen LogP contribution in [0.5, 0.6) is 0 Å². The number of rotatable bonds is 5. The Bertz CT molecular complexity index is 628. The van der Waals surface area contributed by atoms with Crippen molar-refractivity contribution in [1.29, 1.82) is 0 Å². The van der Waals surface area contributed by atoms with E-state index in [1.807, 2.05) is 0 Å². The van der Waals surface area contributed by atoms with Gasteiger partial charge in [0.2, 0.25) is 10.0 Å². The van der Waals surface area contributed by atoms with Gasteiger partial charge in [-0.2, -0.15) is 0 Å². The highest BCUT2D eigenvalue weighted by molar-refractivity contribution is 7.89. The molecule has 0 bridgehead atoms. The molecular formula is C14H20N2O4S. The molecule has 1 aliphatic heterocycles. The number of nitrogens with one attached hydrogen (secondary N) is 1. The highest BCUT2D eigenvalue weighted by Crippen LogP contribution is 2.31. The number of aliphatic carboxylic acids is 1. The summed E-state index contributed by atoms with van der Waals surface area (Å²) in [5.74, 6) is -0.920. The van der Waals surface area contributed by atoms with Crippen LogP contribution in [0.25, 0.3) is 0 Å². The van der Waals surface area contributed by atoms with E-state index in [-0.39, 0.29) is 10.9 Å². The average Bonchev–Trinajstić information content (AvgIpc) is 2.86.